The summed E-state index contributed by atoms with van der Waals surface area (Å²) in [7, 11) is 3.26. The van der Waals surface area contributed by atoms with E-state index in [0.717, 1.165) is 50.2 Å². The number of benzene rings is 1. The van der Waals surface area contributed by atoms with E-state index in [-0.39, 0.29) is 12.0 Å². The Balaban J connectivity index is 1.64. The van der Waals surface area contributed by atoms with Gasteiger partial charge in [-0.25, -0.2) is 0 Å². The van der Waals surface area contributed by atoms with Gasteiger partial charge >= 0.3 is 0 Å². The quantitative estimate of drug-likeness (QED) is 0.892. The molecule has 0 unspecified atom stereocenters. The monoisotopic (exact) mass is 334 g/mol. The van der Waals surface area contributed by atoms with E-state index in [2.05, 4.69) is 4.90 Å². The van der Waals surface area contributed by atoms with Gasteiger partial charge in [-0.15, -0.1) is 0 Å². The van der Waals surface area contributed by atoms with Crippen LogP contribution in [0.3, 0.4) is 0 Å². The Morgan fingerprint density at radius 2 is 1.75 bits per heavy atom. The van der Waals surface area contributed by atoms with Crippen LogP contribution in [-0.4, -0.2) is 67.3 Å². The zero-order chi connectivity index (χ0) is 17.1. The van der Waals surface area contributed by atoms with Crippen molar-refractivity contribution < 1.29 is 19.4 Å². The molecule has 2 aliphatic rings. The summed E-state index contributed by atoms with van der Waals surface area (Å²) in [4.78, 5) is 16.7. The highest BCUT2D eigenvalue weighted by Crippen LogP contribution is 2.33. The number of carbonyl (C=O) groups excluding carboxylic acids is 1. The number of carbonyl (C=O) groups is 1. The van der Waals surface area contributed by atoms with E-state index in [4.69, 9.17) is 9.47 Å². The number of rotatable bonds is 4. The van der Waals surface area contributed by atoms with Crippen LogP contribution in [0.15, 0.2) is 12.1 Å². The van der Waals surface area contributed by atoms with Gasteiger partial charge in [0, 0.05) is 26.2 Å². The average molecular weight is 334 g/mol. The molecule has 0 saturated carbocycles. The van der Waals surface area contributed by atoms with Crippen LogP contribution in [-0.2, 0) is 17.8 Å². The van der Waals surface area contributed by atoms with E-state index < -0.39 is 0 Å². The molecule has 1 aromatic rings. The Morgan fingerprint density at radius 1 is 1.12 bits per heavy atom. The standard InChI is InChI=1S/C18H26N2O4/c1-23-16-9-13-3-8-20(11-14(13)10-17(16)24-2)18(22)12-19-6-4-15(21)5-7-19/h9-10,15,21H,3-8,11-12H2,1-2H3. The molecule has 0 bridgehead atoms. The van der Waals surface area contributed by atoms with Gasteiger partial charge in [0.25, 0.3) is 0 Å². The Bertz CT molecular complexity index is 597. The van der Waals surface area contributed by atoms with Crippen molar-refractivity contribution >= 4 is 5.91 Å². The summed E-state index contributed by atoms with van der Waals surface area (Å²) in [6.07, 6.45) is 2.14. The topological polar surface area (TPSA) is 62.2 Å². The molecule has 2 heterocycles. The maximum Gasteiger partial charge on any atom is 0.237 e. The second-order valence-electron chi connectivity index (χ2n) is 6.55. The summed E-state index contributed by atoms with van der Waals surface area (Å²) in [5.41, 5.74) is 2.35. The molecule has 24 heavy (non-hydrogen) atoms. The van der Waals surface area contributed by atoms with Crippen molar-refractivity contribution in [3.8, 4) is 11.5 Å². The molecule has 6 heteroatoms. The number of methoxy groups -OCH3 is 2. The van der Waals surface area contributed by atoms with E-state index in [0.29, 0.717) is 18.8 Å². The van der Waals surface area contributed by atoms with Crippen LogP contribution in [0.4, 0.5) is 0 Å². The largest absolute Gasteiger partial charge is 0.493 e. The molecule has 2 aliphatic heterocycles. The molecule has 1 N–H and O–H groups in total. The predicted octanol–water partition coefficient (Wildman–Crippen LogP) is 1.05. The fourth-order valence-electron chi connectivity index (χ4n) is 3.46. The van der Waals surface area contributed by atoms with Crippen molar-refractivity contribution in [2.45, 2.75) is 31.9 Å². The summed E-state index contributed by atoms with van der Waals surface area (Å²) >= 11 is 0. The zero-order valence-corrected chi connectivity index (χ0v) is 14.5. The molecule has 0 aliphatic carbocycles. The normalized spacial score (nSPS) is 19.0. The first kappa shape index (κ1) is 17.0. The van der Waals surface area contributed by atoms with Crippen molar-refractivity contribution in [2.24, 2.45) is 0 Å². The molecule has 1 fully saturated rings. The minimum Gasteiger partial charge on any atom is -0.493 e. The number of fused-ring (bicyclic) bond motifs is 1. The average Bonchev–Trinajstić information content (AvgIpc) is 2.61. The van der Waals surface area contributed by atoms with Gasteiger partial charge in [0.15, 0.2) is 11.5 Å². The summed E-state index contributed by atoms with van der Waals surface area (Å²) in [6, 6.07) is 3.99. The van der Waals surface area contributed by atoms with Gasteiger partial charge < -0.3 is 19.5 Å². The van der Waals surface area contributed by atoms with Crippen LogP contribution < -0.4 is 9.47 Å². The van der Waals surface area contributed by atoms with Gasteiger partial charge in [0.1, 0.15) is 0 Å². The Hall–Kier alpha value is -1.79. The highest BCUT2D eigenvalue weighted by molar-refractivity contribution is 5.78. The second kappa shape index (κ2) is 7.40. The molecule has 1 saturated heterocycles. The summed E-state index contributed by atoms with van der Waals surface area (Å²) in [6.45, 7) is 3.38. The molecule has 3 rings (SSSR count). The fraction of sp³-hybridized carbons (Fsp3) is 0.611. The smallest absolute Gasteiger partial charge is 0.237 e. The molecule has 0 aromatic heterocycles. The van der Waals surface area contributed by atoms with Crippen LogP contribution in [0.5, 0.6) is 11.5 Å². The lowest BCUT2D eigenvalue weighted by Gasteiger charge is -2.33. The van der Waals surface area contributed by atoms with Crippen molar-refractivity contribution in [2.75, 3.05) is 40.4 Å². The van der Waals surface area contributed by atoms with E-state index in [1.54, 1.807) is 14.2 Å². The molecule has 1 amide bonds. The molecule has 0 atom stereocenters. The van der Waals surface area contributed by atoms with Crippen molar-refractivity contribution in [3.05, 3.63) is 23.3 Å². The van der Waals surface area contributed by atoms with E-state index in [1.165, 1.54) is 5.56 Å². The number of aliphatic hydroxyl groups excluding tert-OH is 1. The Morgan fingerprint density at radius 3 is 2.38 bits per heavy atom. The van der Waals surface area contributed by atoms with Gasteiger partial charge in [-0.05, 0) is 42.5 Å². The first-order valence-electron chi connectivity index (χ1n) is 8.52. The van der Waals surface area contributed by atoms with Crippen molar-refractivity contribution in [1.82, 2.24) is 9.80 Å². The predicted molar refractivity (Wildman–Crippen MR) is 90.3 cm³/mol. The number of nitrogens with zero attached hydrogens (tertiary/aromatic N) is 2. The summed E-state index contributed by atoms with van der Waals surface area (Å²) in [5.74, 6) is 1.60. The van der Waals surface area contributed by atoms with Crippen LogP contribution in [0.25, 0.3) is 0 Å². The van der Waals surface area contributed by atoms with Crippen molar-refractivity contribution in [1.29, 1.82) is 0 Å². The molecule has 0 spiro atoms. The highest BCUT2D eigenvalue weighted by atomic mass is 16.5. The maximum atomic E-state index is 12.6. The van der Waals surface area contributed by atoms with E-state index in [9.17, 15) is 9.90 Å². The number of aliphatic hydroxyl groups is 1. The Labute approximate surface area is 143 Å². The lowest BCUT2D eigenvalue weighted by molar-refractivity contribution is -0.133. The number of piperidine rings is 1. The summed E-state index contributed by atoms with van der Waals surface area (Å²) < 4.78 is 10.7. The lowest BCUT2D eigenvalue weighted by atomic mass is 9.98. The second-order valence-corrected chi connectivity index (χ2v) is 6.55. The van der Waals surface area contributed by atoms with Crippen LogP contribution in [0, 0.1) is 0 Å². The molecule has 1 aromatic carbocycles. The molecular weight excluding hydrogens is 308 g/mol. The van der Waals surface area contributed by atoms with Gasteiger partial charge in [0.2, 0.25) is 5.91 Å². The number of ether oxygens (including phenoxy) is 2. The van der Waals surface area contributed by atoms with Crippen molar-refractivity contribution in [3.63, 3.8) is 0 Å². The minimum atomic E-state index is -0.208. The maximum absolute atomic E-state index is 12.6. The third-order valence-corrected chi connectivity index (χ3v) is 4.99. The third kappa shape index (κ3) is 3.65. The zero-order valence-electron chi connectivity index (χ0n) is 14.5. The fourth-order valence-corrected chi connectivity index (χ4v) is 3.46. The van der Waals surface area contributed by atoms with E-state index in [1.807, 2.05) is 17.0 Å². The van der Waals surface area contributed by atoms with Crippen LogP contribution in [0.1, 0.15) is 24.0 Å². The first-order chi connectivity index (χ1) is 11.6. The highest BCUT2D eigenvalue weighted by Gasteiger charge is 2.25. The first-order valence-corrected chi connectivity index (χ1v) is 8.52. The SMILES string of the molecule is COc1cc2c(cc1OC)CN(C(=O)CN1CCC(O)CC1)CC2. The number of likely N-dealkylation sites (tertiary alicyclic amines) is 1. The van der Waals surface area contributed by atoms with Gasteiger partial charge in [-0.3, -0.25) is 9.69 Å². The molecule has 132 valence electrons. The molecular formula is C18H26N2O4. The number of amides is 1. The molecule has 0 radical (unpaired) electrons. The Kier molecular flexibility index (Phi) is 5.26. The van der Waals surface area contributed by atoms with Crippen LogP contribution >= 0.6 is 0 Å². The lowest BCUT2D eigenvalue weighted by Crippen LogP contribution is -2.45. The van der Waals surface area contributed by atoms with Crippen LogP contribution in [0.2, 0.25) is 0 Å². The molecule has 6 nitrogen and oxygen atoms in total. The van der Waals surface area contributed by atoms with Gasteiger partial charge in [-0.1, -0.05) is 0 Å². The van der Waals surface area contributed by atoms with Gasteiger partial charge in [0.05, 0.1) is 26.9 Å². The number of hydrogen-bond donors (Lipinski definition) is 1. The third-order valence-electron chi connectivity index (χ3n) is 4.99. The summed E-state index contributed by atoms with van der Waals surface area (Å²) in [5, 5.41) is 9.57. The van der Waals surface area contributed by atoms with E-state index >= 15 is 0 Å². The number of hydrogen-bond acceptors (Lipinski definition) is 5. The minimum absolute atomic E-state index is 0.159. The van der Waals surface area contributed by atoms with Gasteiger partial charge in [-0.2, -0.15) is 0 Å².